The van der Waals surface area contributed by atoms with Crippen LogP contribution in [0.5, 0.6) is 0 Å². The molecule has 84 valence electrons. The Bertz CT molecular complexity index is 318. The molecule has 1 aromatic heterocycles. The van der Waals surface area contributed by atoms with Gasteiger partial charge in [0.15, 0.2) is 0 Å². The van der Waals surface area contributed by atoms with E-state index < -0.39 is 19.1 Å². The largest absolute Gasteiger partial charge is 0.390 e. The van der Waals surface area contributed by atoms with Crippen molar-refractivity contribution in [2.75, 3.05) is 13.2 Å². The Morgan fingerprint density at radius 1 is 1.53 bits per heavy atom. The van der Waals surface area contributed by atoms with E-state index in [9.17, 15) is 8.78 Å². The van der Waals surface area contributed by atoms with Crippen LogP contribution in [0.15, 0.2) is 18.5 Å². The lowest BCUT2D eigenvalue weighted by Gasteiger charge is -2.14. The Morgan fingerprint density at radius 2 is 2.27 bits per heavy atom. The summed E-state index contributed by atoms with van der Waals surface area (Å²) in [7, 11) is 0. The first-order valence-electron chi connectivity index (χ1n) is 4.64. The number of aliphatic hydroxyl groups excluding tert-OH is 1. The fourth-order valence-electron chi connectivity index (χ4n) is 1.12. The Labute approximate surface area is 87.2 Å². The quantitative estimate of drug-likeness (QED) is 0.775. The summed E-state index contributed by atoms with van der Waals surface area (Å²) in [6.45, 7) is 0.558. The van der Waals surface area contributed by atoms with Crippen LogP contribution in [0.2, 0.25) is 0 Å². The van der Waals surface area contributed by atoms with Crippen molar-refractivity contribution in [3.05, 3.63) is 29.6 Å². The van der Waals surface area contributed by atoms with Crippen molar-refractivity contribution in [3.63, 3.8) is 0 Å². The average Bonchev–Trinajstić information content (AvgIpc) is 2.21. The van der Waals surface area contributed by atoms with Gasteiger partial charge in [0.25, 0.3) is 5.92 Å². The Morgan fingerprint density at radius 3 is 2.87 bits per heavy atom. The highest BCUT2D eigenvalue weighted by Crippen LogP contribution is 2.10. The monoisotopic (exact) mass is 216 g/mol. The molecule has 0 unspecified atom stereocenters. The number of alkyl halides is 2. The van der Waals surface area contributed by atoms with Gasteiger partial charge in [-0.25, -0.2) is 8.78 Å². The molecule has 0 saturated carbocycles. The maximum absolute atomic E-state index is 12.6. The summed E-state index contributed by atoms with van der Waals surface area (Å²) in [5, 5.41) is 10.9. The highest BCUT2D eigenvalue weighted by atomic mass is 19.3. The molecule has 1 heterocycles. The fraction of sp³-hybridized carbons (Fsp3) is 0.500. The van der Waals surface area contributed by atoms with E-state index in [-0.39, 0.29) is 0 Å². The normalized spacial score (nSPS) is 11.7. The molecule has 0 fully saturated rings. The number of hydrogen-bond donors (Lipinski definition) is 2. The molecular weight excluding hydrogens is 202 g/mol. The molecule has 0 aliphatic carbocycles. The van der Waals surface area contributed by atoms with Gasteiger partial charge in [-0.15, -0.1) is 0 Å². The van der Waals surface area contributed by atoms with Crippen molar-refractivity contribution in [1.29, 1.82) is 0 Å². The third-order valence-electron chi connectivity index (χ3n) is 2.08. The molecule has 3 nitrogen and oxygen atoms in total. The molecule has 1 rings (SSSR count). The minimum absolute atomic E-state index is 0.329. The predicted molar refractivity (Wildman–Crippen MR) is 52.7 cm³/mol. The predicted octanol–water partition coefficient (Wildman–Crippen LogP) is 1.11. The number of aromatic nitrogens is 1. The molecule has 0 radical (unpaired) electrons. The van der Waals surface area contributed by atoms with Gasteiger partial charge in [-0.2, -0.15) is 0 Å². The minimum Gasteiger partial charge on any atom is -0.390 e. The van der Waals surface area contributed by atoms with Gasteiger partial charge in [0.05, 0.1) is 6.54 Å². The lowest BCUT2D eigenvalue weighted by molar-refractivity contribution is -0.0477. The van der Waals surface area contributed by atoms with Crippen LogP contribution in [0.4, 0.5) is 8.78 Å². The molecule has 15 heavy (non-hydrogen) atoms. The van der Waals surface area contributed by atoms with E-state index in [1.165, 1.54) is 0 Å². The van der Waals surface area contributed by atoms with Crippen molar-refractivity contribution in [2.45, 2.75) is 19.4 Å². The second-order valence-electron chi connectivity index (χ2n) is 3.42. The molecule has 0 bridgehead atoms. The topological polar surface area (TPSA) is 45.2 Å². The molecule has 1 aromatic rings. The van der Waals surface area contributed by atoms with Crippen LogP contribution in [0.1, 0.15) is 11.1 Å². The SMILES string of the molecule is Cc1ccncc1CNCC(F)(F)CO. The molecule has 0 aromatic carbocycles. The summed E-state index contributed by atoms with van der Waals surface area (Å²) in [4.78, 5) is 3.90. The molecule has 0 aliphatic heterocycles. The fourth-order valence-corrected chi connectivity index (χ4v) is 1.12. The number of hydrogen-bond acceptors (Lipinski definition) is 3. The Kier molecular flexibility index (Phi) is 4.11. The van der Waals surface area contributed by atoms with Gasteiger partial charge < -0.3 is 10.4 Å². The standard InChI is InChI=1S/C10H14F2N2O/c1-8-2-3-13-4-9(8)5-14-6-10(11,12)7-15/h2-4,14-15H,5-7H2,1H3. The van der Waals surface area contributed by atoms with Crippen LogP contribution in [0.3, 0.4) is 0 Å². The van der Waals surface area contributed by atoms with E-state index >= 15 is 0 Å². The second kappa shape index (κ2) is 5.14. The number of nitrogens with zero attached hydrogens (tertiary/aromatic N) is 1. The first-order chi connectivity index (χ1) is 7.05. The highest BCUT2D eigenvalue weighted by molar-refractivity contribution is 5.20. The van der Waals surface area contributed by atoms with Gasteiger partial charge in [-0.3, -0.25) is 4.98 Å². The highest BCUT2D eigenvalue weighted by Gasteiger charge is 2.26. The smallest absolute Gasteiger partial charge is 0.282 e. The van der Waals surface area contributed by atoms with Crippen molar-refractivity contribution >= 4 is 0 Å². The first kappa shape index (κ1) is 12.0. The molecular formula is C10H14F2N2O. The number of rotatable bonds is 5. The van der Waals surface area contributed by atoms with E-state index in [4.69, 9.17) is 5.11 Å². The van der Waals surface area contributed by atoms with E-state index in [2.05, 4.69) is 10.3 Å². The van der Waals surface area contributed by atoms with Crippen LogP contribution in [-0.4, -0.2) is 29.2 Å². The number of halogens is 2. The molecule has 0 atom stereocenters. The number of pyridine rings is 1. The molecule has 0 aliphatic rings. The van der Waals surface area contributed by atoms with E-state index in [0.29, 0.717) is 6.54 Å². The summed E-state index contributed by atoms with van der Waals surface area (Å²) in [6.07, 6.45) is 3.29. The Balaban J connectivity index is 2.42. The number of nitrogens with one attached hydrogen (secondary N) is 1. The van der Waals surface area contributed by atoms with Crippen molar-refractivity contribution in [3.8, 4) is 0 Å². The van der Waals surface area contributed by atoms with Crippen molar-refractivity contribution in [2.24, 2.45) is 0 Å². The number of aryl methyl sites for hydroxylation is 1. The number of aliphatic hydroxyl groups is 1. The summed E-state index contributed by atoms with van der Waals surface area (Å²) < 4.78 is 25.3. The van der Waals surface area contributed by atoms with Crippen LogP contribution < -0.4 is 5.32 Å². The van der Waals surface area contributed by atoms with Gasteiger partial charge in [0, 0.05) is 18.9 Å². The molecule has 0 spiro atoms. The third kappa shape index (κ3) is 3.89. The van der Waals surface area contributed by atoms with Crippen LogP contribution in [-0.2, 0) is 6.54 Å². The van der Waals surface area contributed by atoms with Crippen LogP contribution >= 0.6 is 0 Å². The van der Waals surface area contributed by atoms with Crippen LogP contribution in [0, 0.1) is 6.92 Å². The van der Waals surface area contributed by atoms with Crippen molar-refractivity contribution < 1.29 is 13.9 Å². The molecule has 0 amide bonds. The maximum Gasteiger partial charge on any atom is 0.282 e. The van der Waals surface area contributed by atoms with E-state index in [1.54, 1.807) is 12.4 Å². The van der Waals surface area contributed by atoms with E-state index in [0.717, 1.165) is 11.1 Å². The zero-order valence-electron chi connectivity index (χ0n) is 8.50. The average molecular weight is 216 g/mol. The van der Waals surface area contributed by atoms with Crippen molar-refractivity contribution in [1.82, 2.24) is 10.3 Å². The minimum atomic E-state index is -3.06. The molecule has 0 saturated heterocycles. The van der Waals surface area contributed by atoms with Gasteiger partial charge in [0.1, 0.15) is 6.61 Å². The molecule has 2 N–H and O–H groups in total. The summed E-state index contributed by atoms with van der Waals surface area (Å²) in [5.74, 6) is -3.06. The first-order valence-corrected chi connectivity index (χ1v) is 4.64. The van der Waals surface area contributed by atoms with Gasteiger partial charge in [0.2, 0.25) is 0 Å². The zero-order valence-corrected chi connectivity index (χ0v) is 8.50. The summed E-state index contributed by atoms with van der Waals surface area (Å²) >= 11 is 0. The maximum atomic E-state index is 12.6. The third-order valence-corrected chi connectivity index (χ3v) is 2.08. The van der Waals surface area contributed by atoms with Gasteiger partial charge in [-0.1, -0.05) is 0 Å². The summed E-state index contributed by atoms with van der Waals surface area (Å²) in [5.41, 5.74) is 1.89. The lowest BCUT2D eigenvalue weighted by atomic mass is 10.1. The second-order valence-corrected chi connectivity index (χ2v) is 3.42. The summed E-state index contributed by atoms with van der Waals surface area (Å²) in [6, 6.07) is 1.82. The van der Waals surface area contributed by atoms with Gasteiger partial charge in [-0.05, 0) is 24.1 Å². The zero-order chi connectivity index (χ0) is 11.3. The van der Waals surface area contributed by atoms with E-state index in [1.807, 2.05) is 13.0 Å². The molecule has 5 heteroatoms. The Hall–Kier alpha value is -1.07. The lowest BCUT2D eigenvalue weighted by Crippen LogP contribution is -2.35. The van der Waals surface area contributed by atoms with Crippen LogP contribution in [0.25, 0.3) is 0 Å². The van der Waals surface area contributed by atoms with Gasteiger partial charge >= 0.3 is 0 Å².